The number of aryl methyl sites for hydroxylation is 1. The predicted molar refractivity (Wildman–Crippen MR) is 107 cm³/mol. The molecule has 1 aromatic carbocycles. The molecule has 0 saturated carbocycles. The van der Waals surface area contributed by atoms with E-state index < -0.39 is 0 Å². The van der Waals surface area contributed by atoms with Crippen LogP contribution in [0.1, 0.15) is 38.3 Å². The van der Waals surface area contributed by atoms with Crippen LogP contribution in [0.3, 0.4) is 0 Å². The molecule has 0 amide bonds. The lowest BCUT2D eigenvalue weighted by Crippen LogP contribution is -2.16. The van der Waals surface area contributed by atoms with Gasteiger partial charge in [-0.05, 0) is 36.8 Å². The Labute approximate surface area is 155 Å². The second kappa shape index (κ2) is 9.13. The molecule has 1 atom stereocenters. The van der Waals surface area contributed by atoms with Gasteiger partial charge in [0.05, 0.1) is 17.6 Å². The normalized spacial score (nSPS) is 13.8. The van der Waals surface area contributed by atoms with Gasteiger partial charge in [-0.25, -0.2) is 0 Å². The maximum Gasteiger partial charge on any atom is 0.146 e. The Kier molecular flexibility index (Phi) is 6.89. The highest BCUT2D eigenvalue weighted by atomic mass is 16.1. The SMILES string of the molecule is CCC(/C(C=O)=C/C(=NN(C)c1cn[nH]c1)c1ccc(C)cc1)C(C)C. The van der Waals surface area contributed by atoms with E-state index in [9.17, 15) is 4.79 Å². The molecule has 0 bridgehead atoms. The molecule has 0 radical (unpaired) electrons. The Bertz CT molecular complexity index is 758. The number of rotatable bonds is 8. The van der Waals surface area contributed by atoms with Crippen molar-refractivity contribution in [2.24, 2.45) is 16.9 Å². The van der Waals surface area contributed by atoms with E-state index in [1.165, 1.54) is 5.56 Å². The van der Waals surface area contributed by atoms with Crippen LogP contribution in [0.25, 0.3) is 0 Å². The summed E-state index contributed by atoms with van der Waals surface area (Å²) in [6, 6.07) is 8.17. The van der Waals surface area contributed by atoms with Gasteiger partial charge in [-0.2, -0.15) is 10.2 Å². The van der Waals surface area contributed by atoms with Crippen molar-refractivity contribution in [3.05, 3.63) is 59.4 Å². The number of allylic oxidation sites excluding steroid dienone is 2. The topological polar surface area (TPSA) is 61.4 Å². The van der Waals surface area contributed by atoms with Crippen LogP contribution in [0.2, 0.25) is 0 Å². The van der Waals surface area contributed by atoms with Gasteiger partial charge in [-0.15, -0.1) is 0 Å². The molecule has 0 fully saturated rings. The largest absolute Gasteiger partial charge is 0.298 e. The van der Waals surface area contributed by atoms with Crippen LogP contribution in [0.15, 0.2) is 53.4 Å². The highest BCUT2D eigenvalue weighted by Gasteiger charge is 2.17. The number of aldehydes is 1. The molecular formula is C21H28N4O. The first-order valence-corrected chi connectivity index (χ1v) is 9.01. The summed E-state index contributed by atoms with van der Waals surface area (Å²) in [4.78, 5) is 11.8. The van der Waals surface area contributed by atoms with E-state index in [0.717, 1.165) is 35.2 Å². The Balaban J connectivity index is 2.50. The minimum atomic E-state index is 0.211. The van der Waals surface area contributed by atoms with E-state index in [1.54, 1.807) is 17.4 Å². The molecule has 0 aliphatic rings. The number of hydrogen-bond donors (Lipinski definition) is 1. The third kappa shape index (κ3) is 4.91. The van der Waals surface area contributed by atoms with Gasteiger partial charge in [-0.1, -0.05) is 50.6 Å². The van der Waals surface area contributed by atoms with Gasteiger partial charge in [-0.3, -0.25) is 14.9 Å². The molecule has 138 valence electrons. The van der Waals surface area contributed by atoms with Crippen LogP contribution in [0.4, 0.5) is 5.69 Å². The minimum absolute atomic E-state index is 0.211. The first-order valence-electron chi connectivity index (χ1n) is 9.01. The zero-order valence-electron chi connectivity index (χ0n) is 16.2. The van der Waals surface area contributed by atoms with Gasteiger partial charge in [0, 0.05) is 18.8 Å². The quantitative estimate of drug-likeness (QED) is 0.332. The molecular weight excluding hydrogens is 324 g/mol. The van der Waals surface area contributed by atoms with E-state index in [0.29, 0.717) is 5.92 Å². The Morgan fingerprint density at radius 2 is 2.00 bits per heavy atom. The van der Waals surface area contributed by atoms with Crippen molar-refractivity contribution in [2.75, 3.05) is 12.1 Å². The standard InChI is InChI=1S/C21H28N4O/c1-6-20(15(2)3)18(14-26)11-21(17-9-7-16(4)8-10-17)24-25(5)19-12-22-23-13-19/h7-15,20H,6H2,1-5H3,(H,22,23)/b18-11+,24-21?. The number of benzene rings is 1. The van der Waals surface area contributed by atoms with E-state index in [-0.39, 0.29) is 5.92 Å². The Morgan fingerprint density at radius 3 is 2.50 bits per heavy atom. The monoisotopic (exact) mass is 352 g/mol. The number of carbonyl (C=O) groups is 1. The number of nitrogens with zero attached hydrogens (tertiary/aromatic N) is 3. The van der Waals surface area contributed by atoms with Gasteiger partial charge in [0.2, 0.25) is 0 Å². The van der Waals surface area contributed by atoms with Gasteiger partial charge < -0.3 is 0 Å². The Hall–Kier alpha value is -2.69. The summed E-state index contributed by atoms with van der Waals surface area (Å²) in [6.45, 7) is 8.46. The third-order valence-corrected chi connectivity index (χ3v) is 4.57. The zero-order valence-corrected chi connectivity index (χ0v) is 16.2. The summed E-state index contributed by atoms with van der Waals surface area (Å²) < 4.78 is 0. The van der Waals surface area contributed by atoms with Crippen molar-refractivity contribution < 1.29 is 4.79 Å². The molecule has 0 spiro atoms. The summed E-state index contributed by atoms with van der Waals surface area (Å²) in [6.07, 6.45) is 7.30. The van der Waals surface area contributed by atoms with Crippen molar-refractivity contribution in [3.63, 3.8) is 0 Å². The minimum Gasteiger partial charge on any atom is -0.298 e. The predicted octanol–water partition coefficient (Wildman–Crippen LogP) is 4.37. The van der Waals surface area contributed by atoms with Crippen LogP contribution >= 0.6 is 0 Å². The fraction of sp³-hybridized carbons (Fsp3) is 0.381. The molecule has 2 aromatic rings. The van der Waals surface area contributed by atoms with Crippen LogP contribution in [-0.4, -0.2) is 29.2 Å². The van der Waals surface area contributed by atoms with Crippen LogP contribution in [0.5, 0.6) is 0 Å². The average Bonchev–Trinajstić information content (AvgIpc) is 3.15. The summed E-state index contributed by atoms with van der Waals surface area (Å²) in [5.74, 6) is 0.602. The molecule has 0 aliphatic heterocycles. The van der Waals surface area contributed by atoms with Gasteiger partial charge in [0.15, 0.2) is 0 Å². The van der Waals surface area contributed by atoms with Crippen molar-refractivity contribution in [2.45, 2.75) is 34.1 Å². The van der Waals surface area contributed by atoms with Crippen molar-refractivity contribution in [3.8, 4) is 0 Å². The van der Waals surface area contributed by atoms with Gasteiger partial charge in [0.1, 0.15) is 6.29 Å². The lowest BCUT2D eigenvalue weighted by Gasteiger charge is -2.20. The summed E-state index contributed by atoms with van der Waals surface area (Å²) in [5, 5.41) is 13.3. The highest BCUT2D eigenvalue weighted by Crippen LogP contribution is 2.24. The summed E-state index contributed by atoms with van der Waals surface area (Å²) in [5.41, 5.74) is 4.55. The van der Waals surface area contributed by atoms with Gasteiger partial charge in [0.25, 0.3) is 0 Å². The van der Waals surface area contributed by atoms with Gasteiger partial charge >= 0.3 is 0 Å². The number of hydrazone groups is 1. The molecule has 0 saturated heterocycles. The molecule has 1 aromatic heterocycles. The molecule has 26 heavy (non-hydrogen) atoms. The number of aromatic amines is 1. The first-order chi connectivity index (χ1) is 12.5. The van der Waals surface area contributed by atoms with Crippen LogP contribution < -0.4 is 5.01 Å². The number of nitrogens with one attached hydrogen (secondary N) is 1. The zero-order chi connectivity index (χ0) is 19.1. The number of hydrogen-bond acceptors (Lipinski definition) is 4. The number of anilines is 1. The number of aromatic nitrogens is 2. The molecule has 0 aliphatic carbocycles. The lowest BCUT2D eigenvalue weighted by atomic mass is 9.85. The summed E-state index contributed by atoms with van der Waals surface area (Å²) in [7, 11) is 1.87. The first kappa shape index (κ1) is 19.6. The molecule has 1 unspecified atom stereocenters. The van der Waals surface area contributed by atoms with E-state index >= 15 is 0 Å². The molecule has 5 heteroatoms. The molecule has 2 rings (SSSR count). The maximum absolute atomic E-state index is 11.8. The van der Waals surface area contributed by atoms with Crippen LogP contribution in [0, 0.1) is 18.8 Å². The van der Waals surface area contributed by atoms with Crippen molar-refractivity contribution >= 4 is 17.7 Å². The number of carbonyl (C=O) groups excluding carboxylic acids is 1. The average molecular weight is 352 g/mol. The lowest BCUT2D eigenvalue weighted by molar-refractivity contribution is -0.105. The fourth-order valence-electron chi connectivity index (χ4n) is 3.01. The van der Waals surface area contributed by atoms with Crippen molar-refractivity contribution in [1.82, 2.24) is 10.2 Å². The molecule has 1 N–H and O–H groups in total. The van der Waals surface area contributed by atoms with Crippen molar-refractivity contribution in [1.29, 1.82) is 0 Å². The fourth-order valence-corrected chi connectivity index (χ4v) is 3.01. The molecule has 5 nitrogen and oxygen atoms in total. The van der Waals surface area contributed by atoms with E-state index in [4.69, 9.17) is 5.10 Å². The number of H-pyrrole nitrogens is 1. The van der Waals surface area contributed by atoms with E-state index in [1.807, 2.05) is 25.3 Å². The third-order valence-electron chi connectivity index (χ3n) is 4.57. The second-order valence-electron chi connectivity index (χ2n) is 6.85. The van der Waals surface area contributed by atoms with Crippen LogP contribution in [-0.2, 0) is 4.79 Å². The molecule has 1 heterocycles. The maximum atomic E-state index is 11.8. The smallest absolute Gasteiger partial charge is 0.146 e. The Morgan fingerprint density at radius 1 is 1.31 bits per heavy atom. The second-order valence-corrected chi connectivity index (χ2v) is 6.85. The van der Waals surface area contributed by atoms with E-state index in [2.05, 4.69) is 50.0 Å². The summed E-state index contributed by atoms with van der Waals surface area (Å²) >= 11 is 0. The highest BCUT2D eigenvalue weighted by molar-refractivity contribution is 6.11.